The molecule has 6 heteroatoms. The van der Waals surface area contributed by atoms with Crippen molar-refractivity contribution in [2.75, 3.05) is 20.1 Å². The minimum absolute atomic E-state index is 0.374. The minimum Gasteiger partial charge on any atom is -0.370 e. The third-order valence-corrected chi connectivity index (χ3v) is 3.93. The van der Waals surface area contributed by atoms with Crippen LogP contribution in [0.25, 0.3) is 0 Å². The molecule has 2 aliphatic heterocycles. The predicted octanol–water partition coefficient (Wildman–Crippen LogP) is -0.453. The van der Waals surface area contributed by atoms with Gasteiger partial charge in [-0.3, -0.25) is 0 Å². The van der Waals surface area contributed by atoms with Crippen LogP contribution in [-0.4, -0.2) is 42.7 Å². The molecule has 1 fully saturated rings. The second-order valence-electron chi connectivity index (χ2n) is 5.70. The Bertz CT molecular complexity index is 561. The Morgan fingerprint density at radius 3 is 2.76 bits per heavy atom. The topological polar surface area (TPSA) is 91.7 Å². The molecule has 6 N–H and O–H groups in total. The molecule has 0 saturated carbocycles. The van der Waals surface area contributed by atoms with Crippen LogP contribution >= 0.6 is 0 Å². The summed E-state index contributed by atoms with van der Waals surface area (Å²) in [7, 11) is 1.98. The SMILES string of the molecule is CNC1CN(C2=CC(N)(Cc3ccccc3)N=C(N)N2)C1. The van der Waals surface area contributed by atoms with Gasteiger partial charge in [0.05, 0.1) is 0 Å². The molecule has 21 heavy (non-hydrogen) atoms. The molecule has 1 atom stereocenters. The zero-order valence-electron chi connectivity index (χ0n) is 12.2. The summed E-state index contributed by atoms with van der Waals surface area (Å²) in [5.41, 5.74) is 12.7. The highest BCUT2D eigenvalue weighted by Crippen LogP contribution is 2.22. The summed E-state index contributed by atoms with van der Waals surface area (Å²) in [6.07, 6.45) is 2.60. The highest BCUT2D eigenvalue weighted by Gasteiger charge is 2.33. The predicted molar refractivity (Wildman–Crippen MR) is 84.3 cm³/mol. The van der Waals surface area contributed by atoms with Gasteiger partial charge < -0.3 is 27.0 Å². The number of nitrogens with two attached hydrogens (primary N) is 2. The third kappa shape index (κ3) is 3.01. The quantitative estimate of drug-likeness (QED) is 0.601. The van der Waals surface area contributed by atoms with E-state index in [4.69, 9.17) is 11.5 Å². The summed E-state index contributed by atoms with van der Waals surface area (Å²) < 4.78 is 0. The molecule has 2 aliphatic rings. The van der Waals surface area contributed by atoms with Gasteiger partial charge in [0.2, 0.25) is 0 Å². The summed E-state index contributed by atoms with van der Waals surface area (Å²) in [4.78, 5) is 6.60. The maximum Gasteiger partial charge on any atom is 0.196 e. The van der Waals surface area contributed by atoms with Crippen LogP contribution in [0.4, 0.5) is 0 Å². The van der Waals surface area contributed by atoms with Crippen molar-refractivity contribution in [2.45, 2.75) is 18.1 Å². The van der Waals surface area contributed by atoms with Gasteiger partial charge in [0.1, 0.15) is 11.5 Å². The average Bonchev–Trinajstić information content (AvgIpc) is 2.37. The molecule has 6 nitrogen and oxygen atoms in total. The molecule has 1 unspecified atom stereocenters. The van der Waals surface area contributed by atoms with Crippen LogP contribution in [0.2, 0.25) is 0 Å². The Kier molecular flexibility index (Phi) is 3.57. The van der Waals surface area contributed by atoms with E-state index in [0.29, 0.717) is 18.4 Å². The number of hydrogen-bond acceptors (Lipinski definition) is 6. The zero-order chi connectivity index (χ0) is 14.9. The lowest BCUT2D eigenvalue weighted by atomic mass is 9.99. The van der Waals surface area contributed by atoms with Crippen LogP contribution in [0.1, 0.15) is 5.56 Å². The largest absolute Gasteiger partial charge is 0.370 e. The van der Waals surface area contributed by atoms with E-state index in [1.165, 1.54) is 0 Å². The molecule has 0 bridgehead atoms. The maximum atomic E-state index is 6.43. The maximum absolute atomic E-state index is 6.43. The number of hydrogen-bond donors (Lipinski definition) is 4. The molecule has 2 heterocycles. The second kappa shape index (κ2) is 5.38. The number of nitrogens with zero attached hydrogens (tertiary/aromatic N) is 2. The van der Waals surface area contributed by atoms with Gasteiger partial charge in [-0.1, -0.05) is 30.3 Å². The van der Waals surface area contributed by atoms with E-state index in [1.54, 1.807) is 0 Å². The second-order valence-corrected chi connectivity index (χ2v) is 5.70. The fourth-order valence-corrected chi connectivity index (χ4v) is 2.73. The van der Waals surface area contributed by atoms with Gasteiger partial charge in [0.15, 0.2) is 5.96 Å². The number of nitrogens with one attached hydrogen (secondary N) is 2. The minimum atomic E-state index is -0.795. The van der Waals surface area contributed by atoms with Gasteiger partial charge >= 0.3 is 0 Å². The van der Waals surface area contributed by atoms with E-state index in [9.17, 15) is 0 Å². The van der Waals surface area contributed by atoms with E-state index < -0.39 is 5.66 Å². The highest BCUT2D eigenvalue weighted by atomic mass is 15.4. The molecule has 1 saturated heterocycles. The number of guanidine groups is 1. The Morgan fingerprint density at radius 2 is 2.10 bits per heavy atom. The highest BCUT2D eigenvalue weighted by molar-refractivity contribution is 5.81. The first-order chi connectivity index (χ1) is 10.1. The van der Waals surface area contributed by atoms with Crippen molar-refractivity contribution in [1.82, 2.24) is 15.5 Å². The molecule has 0 aliphatic carbocycles. The van der Waals surface area contributed by atoms with Crippen LogP contribution in [0.15, 0.2) is 47.2 Å². The van der Waals surface area contributed by atoms with Crippen LogP contribution in [-0.2, 0) is 6.42 Å². The molecule has 112 valence electrons. The fraction of sp³-hybridized carbons (Fsp3) is 0.400. The molecule has 1 aromatic carbocycles. The van der Waals surface area contributed by atoms with E-state index in [2.05, 4.69) is 32.7 Å². The third-order valence-electron chi connectivity index (χ3n) is 3.93. The average molecular weight is 286 g/mol. The van der Waals surface area contributed by atoms with Crippen molar-refractivity contribution in [3.8, 4) is 0 Å². The number of rotatable bonds is 4. The Hall–Kier alpha value is -2.05. The number of aliphatic imine (C=N–C) groups is 1. The van der Waals surface area contributed by atoms with Crippen molar-refractivity contribution in [3.63, 3.8) is 0 Å². The van der Waals surface area contributed by atoms with Crippen LogP contribution in [0, 0.1) is 0 Å². The van der Waals surface area contributed by atoms with Crippen molar-refractivity contribution in [2.24, 2.45) is 16.5 Å². The molecule has 0 amide bonds. The molecular weight excluding hydrogens is 264 g/mol. The Balaban J connectivity index is 1.76. The van der Waals surface area contributed by atoms with Gasteiger partial charge in [-0.05, 0) is 18.7 Å². The molecule has 0 radical (unpaired) electrons. The lowest BCUT2D eigenvalue weighted by Gasteiger charge is -2.44. The van der Waals surface area contributed by atoms with E-state index >= 15 is 0 Å². The number of benzene rings is 1. The van der Waals surface area contributed by atoms with Gasteiger partial charge in [0.25, 0.3) is 0 Å². The summed E-state index contributed by atoms with van der Waals surface area (Å²) >= 11 is 0. The molecule has 1 aromatic rings. The van der Waals surface area contributed by atoms with Crippen molar-refractivity contribution in [1.29, 1.82) is 0 Å². The van der Waals surface area contributed by atoms with E-state index in [-0.39, 0.29) is 0 Å². The molecule has 0 spiro atoms. The standard InChI is InChI=1S/C15H22N6/c1-18-12-9-21(10-12)13-8-15(17,20-14(16)19-13)7-11-5-3-2-4-6-11/h2-6,8,12,18H,7,9-10,17H2,1H3,(H3,16,19,20). The molecule has 3 rings (SSSR count). The Labute approximate surface area is 124 Å². The van der Waals surface area contributed by atoms with E-state index in [1.807, 2.05) is 31.3 Å². The van der Waals surface area contributed by atoms with Crippen molar-refractivity contribution < 1.29 is 0 Å². The van der Waals surface area contributed by atoms with Crippen molar-refractivity contribution >= 4 is 5.96 Å². The van der Waals surface area contributed by atoms with Crippen LogP contribution in [0.3, 0.4) is 0 Å². The van der Waals surface area contributed by atoms with Gasteiger partial charge in [-0.25, -0.2) is 4.99 Å². The lowest BCUT2D eigenvalue weighted by Crippen LogP contribution is -2.60. The summed E-state index contributed by atoms with van der Waals surface area (Å²) in [6.45, 7) is 1.90. The first-order valence-electron chi connectivity index (χ1n) is 7.18. The number of likely N-dealkylation sites (N-methyl/N-ethyl adjacent to an activating group) is 1. The lowest BCUT2D eigenvalue weighted by molar-refractivity contribution is 0.167. The Morgan fingerprint density at radius 1 is 1.38 bits per heavy atom. The zero-order valence-corrected chi connectivity index (χ0v) is 12.2. The smallest absolute Gasteiger partial charge is 0.196 e. The summed E-state index contributed by atoms with van der Waals surface area (Å²) in [5.74, 6) is 1.33. The molecular formula is C15H22N6. The monoisotopic (exact) mass is 286 g/mol. The molecule has 0 aromatic heterocycles. The summed E-state index contributed by atoms with van der Waals surface area (Å²) in [5, 5.41) is 6.36. The van der Waals surface area contributed by atoms with Crippen molar-refractivity contribution in [3.05, 3.63) is 47.8 Å². The fourth-order valence-electron chi connectivity index (χ4n) is 2.73. The first-order valence-corrected chi connectivity index (χ1v) is 7.18. The van der Waals surface area contributed by atoms with E-state index in [0.717, 1.165) is 24.5 Å². The van der Waals surface area contributed by atoms with Crippen LogP contribution < -0.4 is 22.1 Å². The van der Waals surface area contributed by atoms with Gasteiger partial charge in [-0.2, -0.15) is 0 Å². The summed E-state index contributed by atoms with van der Waals surface area (Å²) in [6, 6.07) is 10.6. The first kappa shape index (κ1) is 13.9. The van der Waals surface area contributed by atoms with Crippen LogP contribution in [0.5, 0.6) is 0 Å². The number of likely N-dealkylation sites (tertiary alicyclic amines) is 1. The van der Waals surface area contributed by atoms with Gasteiger partial charge in [0, 0.05) is 25.6 Å². The normalized spacial score (nSPS) is 25.7. The van der Waals surface area contributed by atoms with Gasteiger partial charge in [-0.15, -0.1) is 0 Å².